The molecule has 2 unspecified atom stereocenters. The minimum absolute atomic E-state index is 0.221. The Morgan fingerprint density at radius 1 is 1.50 bits per heavy atom. The zero-order valence-electron chi connectivity index (χ0n) is 10.7. The van der Waals surface area contributed by atoms with Crippen LogP contribution in [-0.4, -0.2) is 17.4 Å². The second kappa shape index (κ2) is 4.60. The van der Waals surface area contributed by atoms with E-state index in [9.17, 15) is 4.79 Å². The molecule has 0 spiro atoms. The van der Waals surface area contributed by atoms with Crippen LogP contribution < -0.4 is 0 Å². The lowest BCUT2D eigenvalue weighted by Gasteiger charge is -2.41. The van der Waals surface area contributed by atoms with Gasteiger partial charge in [0.15, 0.2) is 0 Å². The molecule has 2 aliphatic rings. The number of piperidine rings is 1. The van der Waals surface area contributed by atoms with Crippen molar-refractivity contribution in [3.63, 3.8) is 0 Å². The van der Waals surface area contributed by atoms with Gasteiger partial charge in [-0.15, -0.1) is 0 Å². The molecule has 0 aromatic heterocycles. The number of carbonyl (C=O) groups is 1. The fourth-order valence-corrected chi connectivity index (χ4v) is 2.98. The van der Waals surface area contributed by atoms with Gasteiger partial charge in [0.25, 0.3) is 0 Å². The molecule has 1 heterocycles. The number of hydrogen-bond donors (Lipinski definition) is 0. The normalized spacial score (nSPS) is 30.4. The van der Waals surface area contributed by atoms with E-state index in [0.717, 1.165) is 19.4 Å². The maximum Gasteiger partial charge on any atom is 0.229 e. The highest BCUT2D eigenvalue weighted by Gasteiger charge is 2.36. The van der Waals surface area contributed by atoms with Gasteiger partial charge in [-0.3, -0.25) is 4.79 Å². The number of hydrogen-bond acceptors (Lipinski definition) is 1. The Bertz CT molecular complexity index is 306. The van der Waals surface area contributed by atoms with Crippen molar-refractivity contribution in [2.45, 2.75) is 46.5 Å². The summed E-state index contributed by atoms with van der Waals surface area (Å²) in [6.07, 6.45) is 7.10. The van der Waals surface area contributed by atoms with E-state index in [0.29, 0.717) is 17.7 Å². The molecular formula is C14H23NO. The molecule has 1 fully saturated rings. The van der Waals surface area contributed by atoms with Crippen LogP contribution in [0.4, 0.5) is 0 Å². The van der Waals surface area contributed by atoms with Crippen molar-refractivity contribution in [2.24, 2.45) is 17.8 Å². The van der Waals surface area contributed by atoms with Gasteiger partial charge in [0.05, 0.1) is 0 Å². The number of rotatable bonds is 2. The van der Waals surface area contributed by atoms with Crippen LogP contribution in [-0.2, 0) is 4.79 Å². The molecule has 0 saturated carbocycles. The molecule has 2 heteroatoms. The van der Waals surface area contributed by atoms with Crippen LogP contribution in [0, 0.1) is 17.8 Å². The summed E-state index contributed by atoms with van der Waals surface area (Å²) in [5, 5.41) is 0. The van der Waals surface area contributed by atoms with E-state index in [1.807, 2.05) is 0 Å². The van der Waals surface area contributed by atoms with Gasteiger partial charge in [-0.05, 0) is 37.5 Å². The van der Waals surface area contributed by atoms with Gasteiger partial charge in [0.2, 0.25) is 5.91 Å². The number of amides is 1. The minimum atomic E-state index is 0.221. The predicted octanol–water partition coefficient (Wildman–Crippen LogP) is 3.19. The average molecular weight is 221 g/mol. The first-order valence-corrected chi connectivity index (χ1v) is 6.61. The largest absolute Gasteiger partial charge is 0.316 e. The third kappa shape index (κ3) is 2.16. The maximum atomic E-state index is 12.2. The Morgan fingerprint density at radius 3 is 2.94 bits per heavy atom. The molecule has 2 atom stereocenters. The van der Waals surface area contributed by atoms with Crippen molar-refractivity contribution < 1.29 is 4.79 Å². The second-order valence-electron chi connectivity index (χ2n) is 5.74. The summed E-state index contributed by atoms with van der Waals surface area (Å²) in [4.78, 5) is 14.3. The van der Waals surface area contributed by atoms with Crippen LogP contribution in [0.2, 0.25) is 0 Å². The molecule has 2 nitrogen and oxygen atoms in total. The van der Waals surface area contributed by atoms with Crippen molar-refractivity contribution in [1.29, 1.82) is 0 Å². The van der Waals surface area contributed by atoms with Crippen molar-refractivity contribution >= 4 is 5.91 Å². The van der Waals surface area contributed by atoms with Crippen molar-refractivity contribution in [3.05, 3.63) is 11.8 Å². The molecule has 1 aliphatic heterocycles. The van der Waals surface area contributed by atoms with Gasteiger partial charge >= 0.3 is 0 Å². The molecule has 1 aliphatic carbocycles. The maximum absolute atomic E-state index is 12.2. The van der Waals surface area contributed by atoms with Crippen LogP contribution in [0.3, 0.4) is 0 Å². The van der Waals surface area contributed by atoms with E-state index in [-0.39, 0.29) is 5.92 Å². The highest BCUT2D eigenvalue weighted by atomic mass is 16.2. The lowest BCUT2D eigenvalue weighted by molar-refractivity contribution is -0.137. The topological polar surface area (TPSA) is 20.3 Å². The molecule has 0 bridgehead atoms. The SMILES string of the molecule is CC(C)CN1C(=O)C(C)CC2CCCC=C21. The third-order valence-corrected chi connectivity index (χ3v) is 3.71. The molecule has 0 N–H and O–H groups in total. The third-order valence-electron chi connectivity index (χ3n) is 3.71. The fourth-order valence-electron chi connectivity index (χ4n) is 2.98. The van der Waals surface area contributed by atoms with Gasteiger partial charge < -0.3 is 4.90 Å². The quantitative estimate of drug-likeness (QED) is 0.701. The summed E-state index contributed by atoms with van der Waals surface area (Å²) >= 11 is 0. The summed E-state index contributed by atoms with van der Waals surface area (Å²) in [7, 11) is 0. The van der Waals surface area contributed by atoms with Crippen molar-refractivity contribution in [2.75, 3.05) is 6.54 Å². The Hall–Kier alpha value is -0.790. The monoisotopic (exact) mass is 221 g/mol. The van der Waals surface area contributed by atoms with Gasteiger partial charge in [-0.25, -0.2) is 0 Å². The first-order chi connectivity index (χ1) is 7.59. The van der Waals surface area contributed by atoms with Crippen LogP contribution in [0.1, 0.15) is 46.5 Å². The van der Waals surface area contributed by atoms with Gasteiger partial charge in [0, 0.05) is 18.2 Å². The summed E-state index contributed by atoms with van der Waals surface area (Å²) in [6.45, 7) is 7.35. The molecule has 2 rings (SSSR count). The standard InChI is InChI=1S/C14H23NO/c1-10(2)9-15-13-7-5-4-6-12(13)8-11(3)14(15)16/h7,10-12H,4-6,8-9H2,1-3H3. The summed E-state index contributed by atoms with van der Waals surface area (Å²) in [5.74, 6) is 1.77. The number of nitrogens with zero attached hydrogens (tertiary/aromatic N) is 1. The summed E-state index contributed by atoms with van der Waals surface area (Å²) < 4.78 is 0. The van der Waals surface area contributed by atoms with E-state index in [1.54, 1.807) is 0 Å². The Kier molecular flexibility index (Phi) is 3.36. The van der Waals surface area contributed by atoms with E-state index in [2.05, 4.69) is 31.7 Å². The molecule has 0 aromatic rings. The number of carbonyl (C=O) groups excluding carboxylic acids is 1. The number of allylic oxidation sites excluding steroid dienone is 2. The molecule has 1 saturated heterocycles. The van der Waals surface area contributed by atoms with Crippen molar-refractivity contribution in [1.82, 2.24) is 4.90 Å². The highest BCUT2D eigenvalue weighted by molar-refractivity contribution is 5.81. The van der Waals surface area contributed by atoms with Crippen LogP contribution in [0.5, 0.6) is 0 Å². The van der Waals surface area contributed by atoms with E-state index >= 15 is 0 Å². The zero-order valence-corrected chi connectivity index (χ0v) is 10.7. The smallest absolute Gasteiger partial charge is 0.229 e. The first kappa shape index (κ1) is 11.7. The van der Waals surface area contributed by atoms with E-state index in [4.69, 9.17) is 0 Å². The molecule has 16 heavy (non-hydrogen) atoms. The van der Waals surface area contributed by atoms with E-state index in [1.165, 1.54) is 18.5 Å². The molecule has 0 aromatic carbocycles. The Labute approximate surface area is 98.7 Å². The highest BCUT2D eigenvalue weighted by Crippen LogP contribution is 2.38. The lowest BCUT2D eigenvalue weighted by atomic mass is 9.80. The Morgan fingerprint density at radius 2 is 2.25 bits per heavy atom. The molecule has 0 radical (unpaired) electrons. The fraction of sp³-hybridized carbons (Fsp3) is 0.786. The summed E-state index contributed by atoms with van der Waals surface area (Å²) in [6, 6.07) is 0. The number of likely N-dealkylation sites (tertiary alicyclic amines) is 1. The van der Waals surface area contributed by atoms with Gasteiger partial charge in [-0.1, -0.05) is 26.8 Å². The first-order valence-electron chi connectivity index (χ1n) is 6.61. The lowest BCUT2D eigenvalue weighted by Crippen LogP contribution is -2.45. The van der Waals surface area contributed by atoms with Crippen molar-refractivity contribution in [3.8, 4) is 0 Å². The average Bonchev–Trinajstić information content (AvgIpc) is 2.24. The predicted molar refractivity (Wildman–Crippen MR) is 65.8 cm³/mol. The molecule has 1 amide bonds. The number of fused-ring (bicyclic) bond motifs is 1. The Balaban J connectivity index is 2.22. The van der Waals surface area contributed by atoms with Gasteiger partial charge in [-0.2, -0.15) is 0 Å². The molecular weight excluding hydrogens is 198 g/mol. The summed E-state index contributed by atoms with van der Waals surface area (Å²) in [5.41, 5.74) is 1.34. The van der Waals surface area contributed by atoms with Gasteiger partial charge in [0.1, 0.15) is 0 Å². The van der Waals surface area contributed by atoms with Crippen LogP contribution >= 0.6 is 0 Å². The van der Waals surface area contributed by atoms with Crippen LogP contribution in [0.15, 0.2) is 11.8 Å². The zero-order chi connectivity index (χ0) is 11.7. The van der Waals surface area contributed by atoms with Crippen LogP contribution in [0.25, 0.3) is 0 Å². The van der Waals surface area contributed by atoms with E-state index < -0.39 is 0 Å². The second-order valence-corrected chi connectivity index (χ2v) is 5.74. The molecule has 90 valence electrons. The minimum Gasteiger partial charge on any atom is -0.316 e.